The Labute approximate surface area is 130 Å². The Morgan fingerprint density at radius 3 is 2.55 bits per heavy atom. The molecule has 116 valence electrons. The van der Waals surface area contributed by atoms with Crippen molar-refractivity contribution in [3.05, 3.63) is 42.5 Å². The summed E-state index contributed by atoms with van der Waals surface area (Å²) in [5.74, 6) is 0.731. The van der Waals surface area contributed by atoms with Crippen molar-refractivity contribution in [3.8, 4) is 5.69 Å². The van der Waals surface area contributed by atoms with Crippen LogP contribution in [-0.2, 0) is 6.54 Å². The van der Waals surface area contributed by atoms with Gasteiger partial charge in [-0.2, -0.15) is 0 Å². The van der Waals surface area contributed by atoms with Crippen LogP contribution in [0.1, 0.15) is 31.5 Å². The van der Waals surface area contributed by atoms with Gasteiger partial charge in [0.25, 0.3) is 0 Å². The van der Waals surface area contributed by atoms with E-state index in [0.29, 0.717) is 6.54 Å². The summed E-state index contributed by atoms with van der Waals surface area (Å²) in [7, 11) is 0. The summed E-state index contributed by atoms with van der Waals surface area (Å²) in [5.41, 5.74) is 0.992. The monoisotopic (exact) mass is 299 g/mol. The van der Waals surface area contributed by atoms with Gasteiger partial charge in [-0.25, -0.2) is 4.79 Å². The Hall–Kier alpha value is -2.37. The fourth-order valence-corrected chi connectivity index (χ4v) is 2.72. The Kier molecular flexibility index (Phi) is 4.68. The number of para-hydroxylation sites is 1. The molecule has 0 spiro atoms. The number of rotatable bonds is 3. The molecule has 22 heavy (non-hydrogen) atoms. The third kappa shape index (κ3) is 3.44. The average Bonchev–Trinajstić information content (AvgIpc) is 2.86. The van der Waals surface area contributed by atoms with E-state index in [1.165, 1.54) is 12.8 Å². The van der Waals surface area contributed by atoms with E-state index in [-0.39, 0.29) is 6.03 Å². The second-order valence-electron chi connectivity index (χ2n) is 5.51. The number of carbonyl (C=O) groups excluding carboxylic acids is 1. The normalized spacial score (nSPS) is 15.4. The third-order valence-corrected chi connectivity index (χ3v) is 3.94. The Morgan fingerprint density at radius 1 is 1.09 bits per heavy atom. The molecular weight excluding hydrogens is 278 g/mol. The van der Waals surface area contributed by atoms with Crippen molar-refractivity contribution in [2.24, 2.45) is 0 Å². The number of nitrogens with one attached hydrogen (secondary N) is 1. The van der Waals surface area contributed by atoms with Crippen LogP contribution in [0.3, 0.4) is 0 Å². The highest BCUT2D eigenvalue weighted by Crippen LogP contribution is 2.11. The molecule has 1 aromatic carbocycles. The molecule has 1 saturated heterocycles. The number of benzene rings is 1. The molecule has 0 radical (unpaired) electrons. The van der Waals surface area contributed by atoms with Crippen LogP contribution < -0.4 is 5.32 Å². The predicted molar refractivity (Wildman–Crippen MR) is 83.6 cm³/mol. The minimum atomic E-state index is -0.00971. The molecule has 3 rings (SSSR count). The second kappa shape index (κ2) is 7.06. The van der Waals surface area contributed by atoms with Gasteiger partial charge in [0.05, 0.1) is 6.54 Å². The van der Waals surface area contributed by atoms with Gasteiger partial charge >= 0.3 is 6.03 Å². The minimum Gasteiger partial charge on any atom is -0.331 e. The Morgan fingerprint density at radius 2 is 1.82 bits per heavy atom. The largest absolute Gasteiger partial charge is 0.331 e. The average molecular weight is 299 g/mol. The van der Waals surface area contributed by atoms with E-state index in [4.69, 9.17) is 0 Å². The quantitative estimate of drug-likeness (QED) is 0.946. The van der Waals surface area contributed by atoms with Gasteiger partial charge in [0.1, 0.15) is 6.33 Å². The standard InChI is InChI=1S/C16H21N5O/c22-16(20-10-6-1-2-7-11-20)17-12-15-19-18-13-21(15)14-8-4-3-5-9-14/h3-5,8-9,13H,1-2,6-7,10-12H2,(H,17,22). The summed E-state index contributed by atoms with van der Waals surface area (Å²) in [6.07, 6.45) is 6.28. The van der Waals surface area contributed by atoms with Crippen LogP contribution in [0.4, 0.5) is 4.79 Å². The van der Waals surface area contributed by atoms with E-state index in [1.807, 2.05) is 39.8 Å². The molecule has 1 N–H and O–H groups in total. The van der Waals surface area contributed by atoms with E-state index in [2.05, 4.69) is 15.5 Å². The molecule has 6 nitrogen and oxygen atoms in total. The van der Waals surface area contributed by atoms with Crippen molar-refractivity contribution >= 4 is 6.03 Å². The number of hydrogen-bond acceptors (Lipinski definition) is 3. The van der Waals surface area contributed by atoms with Crippen LogP contribution in [-0.4, -0.2) is 38.8 Å². The predicted octanol–water partition coefficient (Wildman–Crippen LogP) is 2.35. The molecule has 2 heterocycles. The van der Waals surface area contributed by atoms with Crippen molar-refractivity contribution in [1.29, 1.82) is 0 Å². The molecule has 0 aliphatic carbocycles. The molecule has 2 aromatic rings. The molecule has 1 aromatic heterocycles. The molecule has 0 bridgehead atoms. The van der Waals surface area contributed by atoms with Crippen LogP contribution in [0, 0.1) is 0 Å². The van der Waals surface area contributed by atoms with Crippen LogP contribution in [0.25, 0.3) is 5.69 Å². The summed E-state index contributed by atoms with van der Waals surface area (Å²) < 4.78 is 1.89. The summed E-state index contributed by atoms with van der Waals surface area (Å²) in [6.45, 7) is 2.07. The van der Waals surface area contributed by atoms with Gasteiger partial charge in [-0.05, 0) is 25.0 Å². The molecule has 0 unspecified atom stereocenters. The molecule has 1 fully saturated rings. The fraction of sp³-hybridized carbons (Fsp3) is 0.438. The third-order valence-electron chi connectivity index (χ3n) is 3.94. The molecule has 2 amide bonds. The van der Waals surface area contributed by atoms with E-state index in [1.54, 1.807) is 6.33 Å². The second-order valence-corrected chi connectivity index (χ2v) is 5.51. The summed E-state index contributed by atoms with van der Waals surface area (Å²) in [5, 5.41) is 11.0. The van der Waals surface area contributed by atoms with Crippen molar-refractivity contribution in [3.63, 3.8) is 0 Å². The van der Waals surface area contributed by atoms with Crippen molar-refractivity contribution in [1.82, 2.24) is 25.0 Å². The summed E-state index contributed by atoms with van der Waals surface area (Å²) >= 11 is 0. The van der Waals surface area contributed by atoms with Gasteiger partial charge in [0.2, 0.25) is 0 Å². The van der Waals surface area contributed by atoms with Gasteiger partial charge in [-0.15, -0.1) is 10.2 Å². The van der Waals surface area contributed by atoms with Crippen molar-refractivity contribution in [2.75, 3.05) is 13.1 Å². The smallest absolute Gasteiger partial charge is 0.317 e. The van der Waals surface area contributed by atoms with Crippen LogP contribution >= 0.6 is 0 Å². The topological polar surface area (TPSA) is 63.1 Å². The van der Waals surface area contributed by atoms with E-state index < -0.39 is 0 Å². The number of urea groups is 1. The highest BCUT2D eigenvalue weighted by Gasteiger charge is 2.16. The first-order valence-electron chi connectivity index (χ1n) is 7.82. The molecule has 1 aliphatic heterocycles. The van der Waals surface area contributed by atoms with Crippen LogP contribution in [0.15, 0.2) is 36.7 Å². The maximum absolute atomic E-state index is 12.3. The van der Waals surface area contributed by atoms with Gasteiger partial charge < -0.3 is 10.2 Å². The van der Waals surface area contributed by atoms with Crippen LogP contribution in [0.5, 0.6) is 0 Å². The van der Waals surface area contributed by atoms with Crippen LogP contribution in [0.2, 0.25) is 0 Å². The van der Waals surface area contributed by atoms with Crippen molar-refractivity contribution in [2.45, 2.75) is 32.2 Å². The maximum atomic E-state index is 12.3. The van der Waals surface area contributed by atoms with Gasteiger partial charge in [0.15, 0.2) is 5.82 Å². The van der Waals surface area contributed by atoms with Gasteiger partial charge in [0, 0.05) is 18.8 Å². The minimum absolute atomic E-state index is 0.00971. The Bertz CT molecular complexity index is 602. The first-order chi connectivity index (χ1) is 10.8. The van der Waals surface area contributed by atoms with E-state index in [0.717, 1.165) is 37.4 Å². The lowest BCUT2D eigenvalue weighted by molar-refractivity contribution is 0.199. The number of aromatic nitrogens is 3. The van der Waals surface area contributed by atoms with E-state index >= 15 is 0 Å². The highest BCUT2D eigenvalue weighted by molar-refractivity contribution is 5.74. The molecule has 1 aliphatic rings. The number of nitrogens with zero attached hydrogens (tertiary/aromatic N) is 4. The number of amides is 2. The zero-order chi connectivity index (χ0) is 15.2. The van der Waals surface area contributed by atoms with Crippen molar-refractivity contribution < 1.29 is 4.79 Å². The van der Waals surface area contributed by atoms with Gasteiger partial charge in [-0.1, -0.05) is 31.0 Å². The zero-order valence-electron chi connectivity index (χ0n) is 12.6. The lowest BCUT2D eigenvalue weighted by Crippen LogP contribution is -2.40. The summed E-state index contributed by atoms with van der Waals surface area (Å²) in [4.78, 5) is 14.2. The van der Waals surface area contributed by atoms with Gasteiger partial charge in [-0.3, -0.25) is 4.57 Å². The molecule has 0 saturated carbocycles. The molecular formula is C16H21N5O. The summed E-state index contributed by atoms with van der Waals surface area (Å²) in [6, 6.07) is 9.87. The number of likely N-dealkylation sites (tertiary alicyclic amines) is 1. The van der Waals surface area contributed by atoms with E-state index in [9.17, 15) is 4.79 Å². The first-order valence-corrected chi connectivity index (χ1v) is 7.82. The molecule has 0 atom stereocenters. The fourth-order valence-electron chi connectivity index (χ4n) is 2.72. The molecule has 6 heteroatoms. The lowest BCUT2D eigenvalue weighted by atomic mass is 10.2. The SMILES string of the molecule is O=C(NCc1nncn1-c1ccccc1)N1CCCCCC1. The number of carbonyl (C=O) groups is 1. The number of hydrogen-bond donors (Lipinski definition) is 1. The zero-order valence-corrected chi connectivity index (χ0v) is 12.6. The maximum Gasteiger partial charge on any atom is 0.317 e. The highest BCUT2D eigenvalue weighted by atomic mass is 16.2. The first kappa shape index (κ1) is 14.6. The lowest BCUT2D eigenvalue weighted by Gasteiger charge is -2.20. The Balaban J connectivity index is 1.62.